The second-order valence-corrected chi connectivity index (χ2v) is 3.69. The molecule has 0 aliphatic carbocycles. The SMILES string of the molecule is O=C(O)CNC(=O)CN1CSCC1=O. The lowest BCUT2D eigenvalue weighted by Gasteiger charge is -2.13. The molecule has 0 bridgehead atoms. The Hall–Kier alpha value is -1.24. The van der Waals surface area contributed by atoms with Gasteiger partial charge >= 0.3 is 5.97 Å². The number of nitrogens with one attached hydrogen (secondary N) is 1. The van der Waals surface area contributed by atoms with Gasteiger partial charge in [-0.2, -0.15) is 0 Å². The summed E-state index contributed by atoms with van der Waals surface area (Å²) in [5, 5.41) is 10.5. The number of carbonyl (C=O) groups excluding carboxylic acids is 2. The summed E-state index contributed by atoms with van der Waals surface area (Å²) in [6.07, 6.45) is 0. The molecule has 0 radical (unpaired) electrons. The Kier molecular flexibility index (Phi) is 3.75. The Morgan fingerprint density at radius 3 is 2.79 bits per heavy atom. The van der Waals surface area contributed by atoms with Crippen molar-refractivity contribution >= 4 is 29.5 Å². The van der Waals surface area contributed by atoms with Crippen molar-refractivity contribution in [3.05, 3.63) is 0 Å². The van der Waals surface area contributed by atoms with Crippen LogP contribution in [0.5, 0.6) is 0 Å². The van der Waals surface area contributed by atoms with E-state index in [4.69, 9.17) is 5.11 Å². The third-order valence-corrected chi connectivity index (χ3v) is 2.54. The number of hydrogen-bond acceptors (Lipinski definition) is 4. The fraction of sp³-hybridized carbons (Fsp3) is 0.571. The van der Waals surface area contributed by atoms with Crippen LogP contribution < -0.4 is 5.32 Å². The molecule has 78 valence electrons. The van der Waals surface area contributed by atoms with Crippen LogP contribution in [0.3, 0.4) is 0 Å². The van der Waals surface area contributed by atoms with Crippen LogP contribution in [-0.4, -0.2) is 52.5 Å². The molecule has 0 aromatic rings. The van der Waals surface area contributed by atoms with Crippen molar-refractivity contribution in [2.24, 2.45) is 0 Å². The highest BCUT2D eigenvalue weighted by Crippen LogP contribution is 2.13. The normalized spacial score (nSPS) is 15.7. The van der Waals surface area contributed by atoms with Crippen molar-refractivity contribution < 1.29 is 19.5 Å². The zero-order valence-electron chi connectivity index (χ0n) is 7.36. The van der Waals surface area contributed by atoms with E-state index in [2.05, 4.69) is 5.32 Å². The highest BCUT2D eigenvalue weighted by molar-refractivity contribution is 8.00. The molecule has 0 spiro atoms. The molecule has 0 aromatic heterocycles. The second kappa shape index (κ2) is 4.85. The Morgan fingerprint density at radius 2 is 2.29 bits per heavy atom. The number of carboxylic acids is 1. The fourth-order valence-corrected chi connectivity index (χ4v) is 1.85. The third-order valence-electron chi connectivity index (χ3n) is 1.60. The molecular formula is C7H10N2O4S. The second-order valence-electron chi connectivity index (χ2n) is 2.74. The molecule has 1 aliphatic heterocycles. The molecule has 6 nitrogen and oxygen atoms in total. The number of aliphatic carboxylic acids is 1. The van der Waals surface area contributed by atoms with Crippen molar-refractivity contribution in [1.82, 2.24) is 10.2 Å². The Balaban J connectivity index is 2.26. The van der Waals surface area contributed by atoms with Gasteiger partial charge in [0, 0.05) is 0 Å². The van der Waals surface area contributed by atoms with Crippen molar-refractivity contribution in [1.29, 1.82) is 0 Å². The van der Waals surface area contributed by atoms with E-state index < -0.39 is 18.4 Å². The molecule has 1 saturated heterocycles. The van der Waals surface area contributed by atoms with Gasteiger partial charge in [0.15, 0.2) is 0 Å². The molecule has 1 fully saturated rings. The van der Waals surface area contributed by atoms with Gasteiger partial charge in [0.1, 0.15) is 13.1 Å². The van der Waals surface area contributed by atoms with Crippen molar-refractivity contribution in [2.45, 2.75) is 0 Å². The Labute approximate surface area is 84.6 Å². The largest absolute Gasteiger partial charge is 0.480 e. The van der Waals surface area contributed by atoms with Crippen LogP contribution >= 0.6 is 11.8 Å². The van der Waals surface area contributed by atoms with E-state index in [0.717, 1.165) is 0 Å². The van der Waals surface area contributed by atoms with Gasteiger partial charge < -0.3 is 15.3 Å². The molecule has 1 rings (SSSR count). The first-order chi connectivity index (χ1) is 6.59. The molecule has 0 aromatic carbocycles. The summed E-state index contributed by atoms with van der Waals surface area (Å²) >= 11 is 1.44. The van der Waals surface area contributed by atoms with Crippen LogP contribution in [0, 0.1) is 0 Å². The molecule has 0 atom stereocenters. The highest BCUT2D eigenvalue weighted by Gasteiger charge is 2.22. The summed E-state index contributed by atoms with van der Waals surface area (Å²) in [7, 11) is 0. The zero-order valence-corrected chi connectivity index (χ0v) is 8.17. The zero-order chi connectivity index (χ0) is 10.6. The number of nitrogens with zero attached hydrogens (tertiary/aromatic N) is 1. The molecule has 14 heavy (non-hydrogen) atoms. The smallest absolute Gasteiger partial charge is 0.322 e. The number of thioether (sulfide) groups is 1. The predicted octanol–water partition coefficient (Wildman–Crippen LogP) is -1.28. The molecule has 2 amide bonds. The summed E-state index contributed by atoms with van der Waals surface area (Å²) < 4.78 is 0. The van der Waals surface area contributed by atoms with E-state index >= 15 is 0 Å². The van der Waals surface area contributed by atoms with Gasteiger partial charge in [-0.3, -0.25) is 14.4 Å². The van der Waals surface area contributed by atoms with E-state index in [0.29, 0.717) is 11.6 Å². The standard InChI is InChI=1S/C7H10N2O4S/c10-5(8-1-7(12)13)2-9-4-14-3-6(9)11/h1-4H2,(H,8,10)(H,12,13). The van der Waals surface area contributed by atoms with E-state index in [1.165, 1.54) is 16.7 Å². The van der Waals surface area contributed by atoms with Crippen LogP contribution in [0.15, 0.2) is 0 Å². The van der Waals surface area contributed by atoms with E-state index in [-0.39, 0.29) is 12.5 Å². The maximum Gasteiger partial charge on any atom is 0.322 e. The maximum atomic E-state index is 11.1. The molecular weight excluding hydrogens is 208 g/mol. The molecule has 0 saturated carbocycles. The number of amides is 2. The van der Waals surface area contributed by atoms with Gasteiger partial charge in [0.05, 0.1) is 11.6 Å². The molecule has 0 unspecified atom stereocenters. The van der Waals surface area contributed by atoms with Crippen LogP contribution in [0.1, 0.15) is 0 Å². The van der Waals surface area contributed by atoms with Gasteiger partial charge in [-0.1, -0.05) is 0 Å². The average Bonchev–Trinajstić information content (AvgIpc) is 2.49. The quantitative estimate of drug-likeness (QED) is 0.613. The van der Waals surface area contributed by atoms with E-state index in [9.17, 15) is 14.4 Å². The predicted molar refractivity (Wildman–Crippen MR) is 49.7 cm³/mol. The summed E-state index contributed by atoms with van der Waals surface area (Å²) in [5.41, 5.74) is 0. The van der Waals surface area contributed by atoms with Crippen LogP contribution in [0.2, 0.25) is 0 Å². The maximum absolute atomic E-state index is 11.1. The molecule has 1 heterocycles. The van der Waals surface area contributed by atoms with E-state index in [1.54, 1.807) is 0 Å². The van der Waals surface area contributed by atoms with Gasteiger partial charge in [0.25, 0.3) is 0 Å². The molecule has 7 heteroatoms. The summed E-state index contributed by atoms with van der Waals surface area (Å²) in [6.45, 7) is -0.465. The number of carbonyl (C=O) groups is 3. The average molecular weight is 218 g/mol. The third kappa shape index (κ3) is 3.25. The topological polar surface area (TPSA) is 86.7 Å². The molecule has 2 N–H and O–H groups in total. The van der Waals surface area contributed by atoms with Gasteiger partial charge in [-0.15, -0.1) is 11.8 Å². The first-order valence-corrected chi connectivity index (χ1v) is 5.09. The van der Waals surface area contributed by atoms with E-state index in [1.807, 2.05) is 0 Å². The van der Waals surface area contributed by atoms with Gasteiger partial charge in [0.2, 0.25) is 11.8 Å². The lowest BCUT2D eigenvalue weighted by molar-refractivity contribution is -0.138. The van der Waals surface area contributed by atoms with Crippen LogP contribution in [0.25, 0.3) is 0 Å². The number of rotatable bonds is 4. The molecule has 1 aliphatic rings. The van der Waals surface area contributed by atoms with Crippen molar-refractivity contribution in [3.63, 3.8) is 0 Å². The van der Waals surface area contributed by atoms with Crippen molar-refractivity contribution in [3.8, 4) is 0 Å². The minimum atomic E-state index is -1.10. The lowest BCUT2D eigenvalue weighted by atomic mass is 10.5. The first kappa shape index (κ1) is 10.8. The van der Waals surface area contributed by atoms with Crippen molar-refractivity contribution in [2.75, 3.05) is 24.7 Å². The Bertz CT molecular complexity index is 268. The number of carboxylic acid groups (broad SMARTS) is 1. The highest BCUT2D eigenvalue weighted by atomic mass is 32.2. The fourth-order valence-electron chi connectivity index (χ4n) is 0.944. The lowest BCUT2D eigenvalue weighted by Crippen LogP contribution is -2.39. The van der Waals surface area contributed by atoms with Gasteiger partial charge in [-0.25, -0.2) is 0 Å². The minimum Gasteiger partial charge on any atom is -0.480 e. The van der Waals surface area contributed by atoms with Gasteiger partial charge in [-0.05, 0) is 0 Å². The van der Waals surface area contributed by atoms with Crippen LogP contribution in [-0.2, 0) is 14.4 Å². The minimum absolute atomic E-state index is 0.0564. The monoisotopic (exact) mass is 218 g/mol. The number of hydrogen-bond donors (Lipinski definition) is 2. The Morgan fingerprint density at radius 1 is 1.57 bits per heavy atom. The summed E-state index contributed by atoms with van der Waals surface area (Å²) in [6, 6.07) is 0. The first-order valence-electron chi connectivity index (χ1n) is 3.93. The summed E-state index contributed by atoms with van der Waals surface area (Å²) in [4.78, 5) is 33.6. The summed E-state index contributed by atoms with van der Waals surface area (Å²) in [5.74, 6) is -0.727. The van der Waals surface area contributed by atoms with Crippen LogP contribution in [0.4, 0.5) is 0 Å².